The summed E-state index contributed by atoms with van der Waals surface area (Å²) in [5, 5.41) is 16.0. The zero-order valence-corrected chi connectivity index (χ0v) is 16.2. The van der Waals surface area contributed by atoms with Crippen LogP contribution in [0.1, 0.15) is 44.4 Å². The lowest BCUT2D eigenvalue weighted by Crippen LogP contribution is -2.33. The molecule has 1 aliphatic heterocycles. The molecular formula is C21H28N6. The van der Waals surface area contributed by atoms with Crippen molar-refractivity contribution < 1.29 is 0 Å². The molecule has 2 aromatic rings. The van der Waals surface area contributed by atoms with E-state index in [0.717, 1.165) is 62.5 Å². The smallest absolute Gasteiger partial charge is 0.229 e. The number of benzene rings is 1. The molecule has 1 fully saturated rings. The van der Waals surface area contributed by atoms with Gasteiger partial charge in [0, 0.05) is 36.6 Å². The van der Waals surface area contributed by atoms with Crippen molar-refractivity contribution >= 4 is 17.5 Å². The monoisotopic (exact) mass is 364 g/mol. The molecule has 1 saturated heterocycles. The number of anilines is 3. The SMILES string of the molecule is CCCNC1CCN(c2cc(CCC)nc(Nc3cccc(C#N)c3)n2)C1. The van der Waals surface area contributed by atoms with Crippen molar-refractivity contribution in [1.82, 2.24) is 15.3 Å². The van der Waals surface area contributed by atoms with Crippen molar-refractivity contribution in [1.29, 1.82) is 5.26 Å². The van der Waals surface area contributed by atoms with Gasteiger partial charge in [0.25, 0.3) is 0 Å². The second kappa shape index (κ2) is 9.33. The van der Waals surface area contributed by atoms with Crippen LogP contribution in [0.2, 0.25) is 0 Å². The molecule has 2 heterocycles. The van der Waals surface area contributed by atoms with E-state index in [1.165, 1.54) is 0 Å². The van der Waals surface area contributed by atoms with Crippen molar-refractivity contribution in [2.24, 2.45) is 0 Å². The maximum Gasteiger partial charge on any atom is 0.229 e. The highest BCUT2D eigenvalue weighted by atomic mass is 15.3. The van der Waals surface area contributed by atoms with Crippen molar-refractivity contribution in [2.45, 2.75) is 45.6 Å². The van der Waals surface area contributed by atoms with Crippen LogP contribution in [0.15, 0.2) is 30.3 Å². The first-order valence-corrected chi connectivity index (χ1v) is 9.85. The number of hydrogen-bond acceptors (Lipinski definition) is 6. The molecule has 0 aliphatic carbocycles. The molecule has 1 aliphatic rings. The van der Waals surface area contributed by atoms with Gasteiger partial charge in [-0.05, 0) is 44.0 Å². The number of rotatable bonds is 8. The third-order valence-electron chi connectivity index (χ3n) is 4.71. The van der Waals surface area contributed by atoms with Gasteiger partial charge in [-0.1, -0.05) is 26.3 Å². The van der Waals surface area contributed by atoms with Gasteiger partial charge < -0.3 is 15.5 Å². The molecule has 0 spiro atoms. The molecule has 1 unspecified atom stereocenters. The molecule has 0 radical (unpaired) electrons. The predicted molar refractivity (Wildman–Crippen MR) is 109 cm³/mol. The predicted octanol–water partition coefficient (Wildman–Crippen LogP) is 3.62. The van der Waals surface area contributed by atoms with E-state index in [0.29, 0.717) is 17.6 Å². The van der Waals surface area contributed by atoms with Gasteiger partial charge in [0.05, 0.1) is 11.6 Å². The maximum atomic E-state index is 9.09. The van der Waals surface area contributed by atoms with Gasteiger partial charge in [-0.25, -0.2) is 4.98 Å². The summed E-state index contributed by atoms with van der Waals surface area (Å²) in [5.41, 5.74) is 2.50. The molecular weight excluding hydrogens is 336 g/mol. The summed E-state index contributed by atoms with van der Waals surface area (Å²) in [6, 6.07) is 12.2. The second-order valence-electron chi connectivity index (χ2n) is 6.99. The lowest BCUT2D eigenvalue weighted by atomic mass is 10.2. The zero-order valence-electron chi connectivity index (χ0n) is 16.2. The average Bonchev–Trinajstić information content (AvgIpc) is 3.15. The van der Waals surface area contributed by atoms with E-state index in [-0.39, 0.29) is 0 Å². The summed E-state index contributed by atoms with van der Waals surface area (Å²) in [6.07, 6.45) is 4.26. The van der Waals surface area contributed by atoms with E-state index >= 15 is 0 Å². The molecule has 0 bridgehead atoms. The lowest BCUT2D eigenvalue weighted by Gasteiger charge is -2.20. The van der Waals surface area contributed by atoms with E-state index < -0.39 is 0 Å². The molecule has 2 N–H and O–H groups in total. The Kier molecular flexibility index (Phi) is 6.61. The van der Waals surface area contributed by atoms with Gasteiger partial charge >= 0.3 is 0 Å². The Bertz CT molecular complexity index is 797. The standard InChI is InChI=1S/C21H28N6/c1-3-6-17-13-20(27-11-9-19(15-27)23-10-4-2)26-21(24-17)25-18-8-5-7-16(12-18)14-22/h5,7-8,12-13,19,23H,3-4,6,9-11,15H2,1-2H3,(H,24,25,26). The van der Waals surface area contributed by atoms with Gasteiger partial charge in [0.2, 0.25) is 5.95 Å². The van der Waals surface area contributed by atoms with Crippen LogP contribution in [0.5, 0.6) is 0 Å². The van der Waals surface area contributed by atoms with Crippen LogP contribution in [-0.4, -0.2) is 35.6 Å². The van der Waals surface area contributed by atoms with E-state index in [4.69, 9.17) is 10.2 Å². The molecule has 0 amide bonds. The highest BCUT2D eigenvalue weighted by Gasteiger charge is 2.23. The first-order chi connectivity index (χ1) is 13.2. The number of nitrogens with zero attached hydrogens (tertiary/aromatic N) is 4. The summed E-state index contributed by atoms with van der Waals surface area (Å²) in [5.74, 6) is 1.57. The Labute approximate surface area is 161 Å². The molecule has 3 rings (SSSR count). The highest BCUT2D eigenvalue weighted by molar-refractivity contribution is 5.58. The van der Waals surface area contributed by atoms with Gasteiger partial charge in [-0.2, -0.15) is 10.2 Å². The summed E-state index contributed by atoms with van der Waals surface area (Å²) in [4.78, 5) is 11.8. The molecule has 27 heavy (non-hydrogen) atoms. The van der Waals surface area contributed by atoms with Crippen LogP contribution >= 0.6 is 0 Å². The summed E-state index contributed by atoms with van der Waals surface area (Å²) >= 11 is 0. The van der Waals surface area contributed by atoms with Crippen molar-refractivity contribution in [2.75, 3.05) is 29.9 Å². The van der Waals surface area contributed by atoms with E-state index in [1.807, 2.05) is 18.2 Å². The van der Waals surface area contributed by atoms with E-state index in [2.05, 4.69) is 46.5 Å². The van der Waals surface area contributed by atoms with E-state index in [9.17, 15) is 0 Å². The molecule has 6 heteroatoms. The maximum absolute atomic E-state index is 9.09. The van der Waals surface area contributed by atoms with Crippen LogP contribution in [0, 0.1) is 11.3 Å². The fourth-order valence-electron chi connectivity index (χ4n) is 3.36. The number of aromatic nitrogens is 2. The lowest BCUT2D eigenvalue weighted by molar-refractivity contribution is 0.549. The molecule has 142 valence electrons. The Morgan fingerprint density at radius 2 is 2.11 bits per heavy atom. The first kappa shape index (κ1) is 19.1. The normalized spacial score (nSPS) is 16.3. The third-order valence-corrected chi connectivity index (χ3v) is 4.71. The van der Waals surface area contributed by atoms with Gasteiger partial charge in [-0.15, -0.1) is 0 Å². The number of nitriles is 1. The summed E-state index contributed by atoms with van der Waals surface area (Å²) in [6.45, 7) is 7.40. The second-order valence-corrected chi connectivity index (χ2v) is 6.99. The minimum atomic E-state index is 0.526. The number of nitrogens with one attached hydrogen (secondary N) is 2. The largest absolute Gasteiger partial charge is 0.355 e. The fraction of sp³-hybridized carbons (Fsp3) is 0.476. The van der Waals surface area contributed by atoms with Crippen LogP contribution in [0.25, 0.3) is 0 Å². The third kappa shape index (κ3) is 5.18. The number of hydrogen-bond donors (Lipinski definition) is 2. The number of aryl methyl sites for hydroxylation is 1. The quantitative estimate of drug-likeness (QED) is 0.745. The summed E-state index contributed by atoms with van der Waals surface area (Å²) < 4.78 is 0. The molecule has 1 atom stereocenters. The Morgan fingerprint density at radius 3 is 2.89 bits per heavy atom. The topological polar surface area (TPSA) is 76.9 Å². The van der Waals surface area contributed by atoms with Crippen LogP contribution in [0.4, 0.5) is 17.5 Å². The van der Waals surface area contributed by atoms with Crippen LogP contribution in [0.3, 0.4) is 0 Å². The van der Waals surface area contributed by atoms with Crippen molar-refractivity contribution in [3.8, 4) is 6.07 Å². The summed E-state index contributed by atoms with van der Waals surface area (Å²) in [7, 11) is 0. The van der Waals surface area contributed by atoms with Gasteiger partial charge in [0.1, 0.15) is 5.82 Å². The Morgan fingerprint density at radius 1 is 1.22 bits per heavy atom. The van der Waals surface area contributed by atoms with Gasteiger partial charge in [0.15, 0.2) is 0 Å². The van der Waals surface area contributed by atoms with E-state index in [1.54, 1.807) is 6.07 Å². The van der Waals surface area contributed by atoms with Crippen molar-refractivity contribution in [3.05, 3.63) is 41.6 Å². The Balaban J connectivity index is 1.79. The zero-order chi connectivity index (χ0) is 19.1. The van der Waals surface area contributed by atoms with Crippen LogP contribution < -0.4 is 15.5 Å². The highest BCUT2D eigenvalue weighted by Crippen LogP contribution is 2.23. The molecule has 1 aromatic heterocycles. The molecule has 6 nitrogen and oxygen atoms in total. The molecule has 1 aromatic carbocycles. The molecule has 0 saturated carbocycles. The first-order valence-electron chi connectivity index (χ1n) is 9.85. The average molecular weight is 364 g/mol. The van der Waals surface area contributed by atoms with Gasteiger partial charge in [-0.3, -0.25) is 0 Å². The van der Waals surface area contributed by atoms with Crippen LogP contribution in [-0.2, 0) is 6.42 Å². The minimum Gasteiger partial charge on any atom is -0.355 e. The minimum absolute atomic E-state index is 0.526. The fourth-order valence-corrected chi connectivity index (χ4v) is 3.36. The van der Waals surface area contributed by atoms with Crippen molar-refractivity contribution in [3.63, 3.8) is 0 Å². The Hall–Kier alpha value is -2.65.